The minimum atomic E-state index is -0.532. The molecule has 1 N–H and O–H groups in total. The number of hydrogen-bond acceptors (Lipinski definition) is 3. The molecule has 0 aliphatic heterocycles. The molecular weight excluding hydrogens is 434 g/mol. The molecule has 1 atom stereocenters. The zero-order valence-corrected chi connectivity index (χ0v) is 18.8. The van der Waals surface area contributed by atoms with Gasteiger partial charge in [-0.2, -0.15) is 5.26 Å². The predicted molar refractivity (Wildman–Crippen MR) is 129 cm³/mol. The van der Waals surface area contributed by atoms with Crippen molar-refractivity contribution in [2.45, 2.75) is 19.0 Å². The molecule has 3 aromatic carbocycles. The van der Waals surface area contributed by atoms with Crippen LogP contribution in [0.2, 0.25) is 5.02 Å². The van der Waals surface area contributed by atoms with Crippen LogP contribution < -0.4 is 5.32 Å². The van der Waals surface area contributed by atoms with E-state index in [9.17, 15) is 9.59 Å². The smallest absolute Gasteiger partial charge is 0.253 e. The average molecular weight is 458 g/mol. The van der Waals surface area contributed by atoms with E-state index in [1.807, 2.05) is 42.5 Å². The highest BCUT2D eigenvalue weighted by atomic mass is 35.5. The fraction of sp³-hybridized carbons (Fsp3) is 0.148. The fourth-order valence-electron chi connectivity index (χ4n) is 3.44. The van der Waals surface area contributed by atoms with Crippen molar-refractivity contribution < 1.29 is 9.59 Å². The molecule has 166 valence electrons. The van der Waals surface area contributed by atoms with Gasteiger partial charge in [-0.25, -0.2) is 0 Å². The summed E-state index contributed by atoms with van der Waals surface area (Å²) in [6.45, 7) is 4.50. The van der Waals surface area contributed by atoms with Crippen LogP contribution in [-0.4, -0.2) is 23.3 Å². The molecule has 0 aliphatic carbocycles. The molecule has 0 fully saturated rings. The Morgan fingerprint density at radius 3 is 2.33 bits per heavy atom. The lowest BCUT2D eigenvalue weighted by atomic mass is 10.0. The highest BCUT2D eigenvalue weighted by molar-refractivity contribution is 6.33. The largest absolute Gasteiger partial charge is 0.345 e. The lowest BCUT2D eigenvalue weighted by molar-refractivity contribution is -0.131. The number of carbonyl (C=O) groups is 2. The van der Waals surface area contributed by atoms with Crippen molar-refractivity contribution in [1.82, 2.24) is 10.2 Å². The van der Waals surface area contributed by atoms with Crippen LogP contribution >= 0.6 is 11.6 Å². The molecule has 0 saturated carbocycles. The lowest BCUT2D eigenvalue weighted by Gasteiger charge is -2.25. The quantitative estimate of drug-likeness (QED) is 0.444. The molecule has 3 rings (SSSR count). The molecule has 2 amide bonds. The Morgan fingerprint density at radius 1 is 1.03 bits per heavy atom. The normalized spacial score (nSPS) is 11.2. The average Bonchev–Trinajstić information content (AvgIpc) is 2.84. The zero-order valence-electron chi connectivity index (χ0n) is 18.1. The lowest BCUT2D eigenvalue weighted by Crippen LogP contribution is -2.36. The van der Waals surface area contributed by atoms with Gasteiger partial charge >= 0.3 is 0 Å². The molecule has 5 nitrogen and oxygen atoms in total. The number of nitrogens with one attached hydrogen (secondary N) is 1. The highest BCUT2D eigenvalue weighted by Crippen LogP contribution is 2.22. The first-order valence-electron chi connectivity index (χ1n) is 10.5. The van der Waals surface area contributed by atoms with E-state index in [4.69, 9.17) is 16.9 Å². The first-order chi connectivity index (χ1) is 16.0. The number of rotatable bonds is 9. The van der Waals surface area contributed by atoms with Gasteiger partial charge in [0.05, 0.1) is 34.7 Å². The summed E-state index contributed by atoms with van der Waals surface area (Å²) in [4.78, 5) is 27.9. The van der Waals surface area contributed by atoms with Crippen molar-refractivity contribution in [3.05, 3.63) is 119 Å². The minimum absolute atomic E-state index is 0.0737. The highest BCUT2D eigenvalue weighted by Gasteiger charge is 2.23. The summed E-state index contributed by atoms with van der Waals surface area (Å²) in [6.07, 6.45) is 1.74. The number of carbonyl (C=O) groups excluding carboxylic acids is 2. The third-order valence-corrected chi connectivity index (χ3v) is 5.49. The summed E-state index contributed by atoms with van der Waals surface area (Å²) in [7, 11) is 0. The zero-order chi connectivity index (χ0) is 23.6. The van der Waals surface area contributed by atoms with Gasteiger partial charge < -0.3 is 10.2 Å². The van der Waals surface area contributed by atoms with E-state index in [2.05, 4.69) is 18.0 Å². The Labute approximate surface area is 198 Å². The summed E-state index contributed by atoms with van der Waals surface area (Å²) in [5.74, 6) is -0.475. The molecule has 0 spiro atoms. The van der Waals surface area contributed by atoms with E-state index >= 15 is 0 Å². The van der Waals surface area contributed by atoms with Crippen molar-refractivity contribution >= 4 is 23.4 Å². The molecule has 0 bridgehead atoms. The molecule has 33 heavy (non-hydrogen) atoms. The molecule has 1 unspecified atom stereocenters. The molecule has 6 heteroatoms. The third kappa shape index (κ3) is 6.55. The second-order valence-electron chi connectivity index (χ2n) is 7.49. The van der Waals surface area contributed by atoms with Gasteiger partial charge in [-0.05, 0) is 35.4 Å². The molecule has 0 heterocycles. The predicted octanol–water partition coefficient (Wildman–Crippen LogP) is 5.29. The van der Waals surface area contributed by atoms with Crippen LogP contribution in [0.15, 0.2) is 91.5 Å². The SMILES string of the molecule is C=CCN(Cc1ccc(C#N)cc1)C(=O)CC(NC(=O)c1ccccc1Cl)c1ccccc1. The second kappa shape index (κ2) is 11.7. The van der Waals surface area contributed by atoms with Crippen LogP contribution in [0.1, 0.15) is 39.5 Å². The summed E-state index contributed by atoms with van der Waals surface area (Å²) in [5.41, 5.74) is 2.64. The number of benzene rings is 3. The maximum absolute atomic E-state index is 13.3. The molecular formula is C27H24ClN3O2. The van der Waals surface area contributed by atoms with E-state index in [0.717, 1.165) is 11.1 Å². The van der Waals surface area contributed by atoms with Crippen molar-refractivity contribution in [2.75, 3.05) is 6.54 Å². The van der Waals surface area contributed by atoms with Crippen LogP contribution in [0, 0.1) is 11.3 Å². The minimum Gasteiger partial charge on any atom is -0.345 e. The number of amides is 2. The Bertz CT molecular complexity index is 1150. The monoisotopic (exact) mass is 457 g/mol. The van der Waals surface area contributed by atoms with Crippen LogP contribution in [0.4, 0.5) is 0 Å². The van der Waals surface area contributed by atoms with Gasteiger partial charge in [-0.15, -0.1) is 6.58 Å². The second-order valence-corrected chi connectivity index (χ2v) is 7.90. The van der Waals surface area contributed by atoms with Crippen LogP contribution in [-0.2, 0) is 11.3 Å². The van der Waals surface area contributed by atoms with E-state index < -0.39 is 6.04 Å². The number of hydrogen-bond donors (Lipinski definition) is 1. The third-order valence-electron chi connectivity index (χ3n) is 5.16. The van der Waals surface area contributed by atoms with E-state index in [1.54, 1.807) is 47.4 Å². The fourth-order valence-corrected chi connectivity index (χ4v) is 3.66. The molecule has 0 aliphatic rings. The van der Waals surface area contributed by atoms with Gasteiger partial charge in [0, 0.05) is 13.1 Å². The summed E-state index contributed by atoms with van der Waals surface area (Å²) in [6, 6.07) is 24.8. The molecule has 0 aromatic heterocycles. The topological polar surface area (TPSA) is 73.2 Å². The molecule has 3 aromatic rings. The van der Waals surface area contributed by atoms with Gasteiger partial charge in [-0.3, -0.25) is 9.59 Å². The van der Waals surface area contributed by atoms with Crippen LogP contribution in [0.3, 0.4) is 0 Å². The van der Waals surface area contributed by atoms with Gasteiger partial charge in [0.2, 0.25) is 5.91 Å². The summed E-state index contributed by atoms with van der Waals surface area (Å²) < 4.78 is 0. The van der Waals surface area contributed by atoms with E-state index in [-0.39, 0.29) is 18.2 Å². The van der Waals surface area contributed by atoms with Crippen LogP contribution in [0.5, 0.6) is 0 Å². The molecule has 0 radical (unpaired) electrons. The van der Waals surface area contributed by atoms with Crippen molar-refractivity contribution in [3.63, 3.8) is 0 Å². The first kappa shape index (κ1) is 23.8. The van der Waals surface area contributed by atoms with E-state index in [1.165, 1.54) is 0 Å². The summed E-state index contributed by atoms with van der Waals surface area (Å²) in [5, 5.41) is 12.3. The maximum Gasteiger partial charge on any atom is 0.253 e. The van der Waals surface area contributed by atoms with E-state index in [0.29, 0.717) is 29.2 Å². The Hall–Kier alpha value is -3.88. The number of halogens is 1. The van der Waals surface area contributed by atoms with Gasteiger partial charge in [0.25, 0.3) is 5.91 Å². The van der Waals surface area contributed by atoms with Crippen molar-refractivity contribution in [1.29, 1.82) is 5.26 Å². The first-order valence-corrected chi connectivity index (χ1v) is 10.9. The maximum atomic E-state index is 13.3. The van der Waals surface area contributed by atoms with Crippen molar-refractivity contribution in [2.24, 2.45) is 0 Å². The Kier molecular flexibility index (Phi) is 8.40. The number of nitriles is 1. The van der Waals surface area contributed by atoms with Crippen molar-refractivity contribution in [3.8, 4) is 6.07 Å². The number of nitrogens with zero attached hydrogens (tertiary/aromatic N) is 2. The molecule has 0 saturated heterocycles. The standard InChI is InChI=1S/C27H24ClN3O2/c1-2-16-31(19-21-14-12-20(18-29)13-15-21)26(32)17-25(22-8-4-3-5-9-22)30-27(33)23-10-6-7-11-24(23)28/h2-15,25H,1,16-17,19H2,(H,30,33). The van der Waals surface area contributed by atoms with Gasteiger partial charge in [0.15, 0.2) is 0 Å². The van der Waals surface area contributed by atoms with Gasteiger partial charge in [-0.1, -0.05) is 72.3 Å². The van der Waals surface area contributed by atoms with Crippen LogP contribution in [0.25, 0.3) is 0 Å². The Balaban J connectivity index is 1.80. The Morgan fingerprint density at radius 2 is 1.70 bits per heavy atom. The summed E-state index contributed by atoms with van der Waals surface area (Å²) >= 11 is 6.19. The van der Waals surface area contributed by atoms with Gasteiger partial charge in [0.1, 0.15) is 0 Å².